The number of thioether (sulfide) groups is 1. The Balaban J connectivity index is 2.31. The maximum Gasteiger partial charge on any atom is 0.225 e. The lowest BCUT2D eigenvalue weighted by molar-refractivity contribution is 0.834. The van der Waals surface area contributed by atoms with Crippen LogP contribution in [0.3, 0.4) is 0 Å². The predicted octanol–water partition coefficient (Wildman–Crippen LogP) is 2.38. The van der Waals surface area contributed by atoms with E-state index in [2.05, 4.69) is 37.5 Å². The molecule has 6 heteroatoms. The van der Waals surface area contributed by atoms with Crippen LogP contribution in [0.4, 0.5) is 11.8 Å². The molecule has 84 valence electrons. The van der Waals surface area contributed by atoms with Crippen molar-refractivity contribution in [3.05, 3.63) is 10.7 Å². The minimum atomic E-state index is 0.475. The highest BCUT2D eigenvalue weighted by Gasteiger charge is 1.99. The Bertz CT molecular complexity index is 288. The number of halogens is 1. The Hall–Kier alpha value is -0.490. The number of hydrogen-bond donors (Lipinski definition) is 2. The van der Waals surface area contributed by atoms with Crippen molar-refractivity contribution in [3.8, 4) is 0 Å². The number of nitrogens with zero attached hydrogens (tertiary/aromatic N) is 2. The molecule has 4 nitrogen and oxygen atoms in total. The molecule has 0 bridgehead atoms. The number of nitrogen functional groups attached to an aromatic ring is 1. The Kier molecular flexibility index (Phi) is 5.78. The van der Waals surface area contributed by atoms with E-state index in [9.17, 15) is 0 Å². The molecule has 0 amide bonds. The van der Waals surface area contributed by atoms with Crippen molar-refractivity contribution in [1.82, 2.24) is 9.97 Å². The summed E-state index contributed by atoms with van der Waals surface area (Å²) in [5.41, 5.74) is 5.59. The quantitative estimate of drug-likeness (QED) is 0.622. The average Bonchev–Trinajstić information content (AvgIpc) is 2.16. The van der Waals surface area contributed by atoms with E-state index in [0.29, 0.717) is 16.4 Å². The van der Waals surface area contributed by atoms with Gasteiger partial charge in [-0.15, -0.1) is 0 Å². The zero-order valence-corrected chi connectivity index (χ0v) is 11.1. The van der Waals surface area contributed by atoms with E-state index in [-0.39, 0.29) is 0 Å². The van der Waals surface area contributed by atoms with E-state index in [0.717, 1.165) is 13.0 Å². The number of unbranched alkanes of at least 4 members (excludes halogenated alkanes) is 1. The largest absolute Gasteiger partial charge is 0.383 e. The Morgan fingerprint density at radius 1 is 1.47 bits per heavy atom. The molecule has 0 radical (unpaired) electrons. The van der Waals surface area contributed by atoms with Gasteiger partial charge in [0.05, 0.1) is 0 Å². The monoisotopic (exact) mass is 290 g/mol. The third-order valence-electron chi connectivity index (χ3n) is 1.77. The molecule has 0 spiro atoms. The van der Waals surface area contributed by atoms with E-state index in [1.165, 1.54) is 12.2 Å². The molecule has 0 atom stereocenters. The van der Waals surface area contributed by atoms with Crippen molar-refractivity contribution in [2.45, 2.75) is 12.8 Å². The summed E-state index contributed by atoms with van der Waals surface area (Å²) in [6, 6.07) is 1.68. The fourth-order valence-electron chi connectivity index (χ4n) is 1.09. The standard InChI is InChI=1S/C9H15BrN4S/c1-15-5-3-2-4-12-9-13-7(10)6-8(11)14-9/h6H,2-5H2,1H3,(H3,11,12,13,14). The molecule has 0 aliphatic heterocycles. The molecular weight excluding hydrogens is 276 g/mol. The van der Waals surface area contributed by atoms with Gasteiger partial charge in [-0.1, -0.05) is 0 Å². The van der Waals surface area contributed by atoms with Crippen LogP contribution >= 0.6 is 27.7 Å². The first-order valence-electron chi connectivity index (χ1n) is 4.75. The summed E-state index contributed by atoms with van der Waals surface area (Å²) >= 11 is 5.14. The zero-order chi connectivity index (χ0) is 11.1. The van der Waals surface area contributed by atoms with Crippen molar-refractivity contribution in [1.29, 1.82) is 0 Å². The van der Waals surface area contributed by atoms with Gasteiger partial charge in [-0.25, -0.2) is 4.98 Å². The van der Waals surface area contributed by atoms with Gasteiger partial charge >= 0.3 is 0 Å². The van der Waals surface area contributed by atoms with Crippen molar-refractivity contribution >= 4 is 39.5 Å². The number of nitrogens with two attached hydrogens (primary N) is 1. The molecule has 0 saturated carbocycles. The molecule has 0 aliphatic rings. The Morgan fingerprint density at radius 2 is 2.27 bits per heavy atom. The summed E-state index contributed by atoms with van der Waals surface area (Å²) in [6.45, 7) is 0.885. The molecule has 1 aromatic heterocycles. The second-order valence-electron chi connectivity index (χ2n) is 3.07. The van der Waals surface area contributed by atoms with Gasteiger partial charge in [-0.05, 0) is 40.8 Å². The van der Waals surface area contributed by atoms with Crippen LogP contribution in [0.15, 0.2) is 10.7 Å². The number of anilines is 2. The molecule has 1 heterocycles. The van der Waals surface area contributed by atoms with Crippen LogP contribution in [0.5, 0.6) is 0 Å². The summed E-state index contributed by atoms with van der Waals surface area (Å²) in [7, 11) is 0. The topological polar surface area (TPSA) is 63.8 Å². The molecule has 1 aromatic rings. The van der Waals surface area contributed by atoms with Crippen molar-refractivity contribution < 1.29 is 0 Å². The lowest BCUT2D eigenvalue weighted by Gasteiger charge is -2.05. The fraction of sp³-hybridized carbons (Fsp3) is 0.556. The second-order valence-corrected chi connectivity index (χ2v) is 4.86. The summed E-state index contributed by atoms with van der Waals surface area (Å²) < 4.78 is 0.710. The Labute approximate surface area is 103 Å². The smallest absolute Gasteiger partial charge is 0.225 e. The maximum atomic E-state index is 5.59. The highest BCUT2D eigenvalue weighted by Crippen LogP contribution is 2.12. The van der Waals surface area contributed by atoms with Gasteiger partial charge in [0.1, 0.15) is 10.4 Å². The highest BCUT2D eigenvalue weighted by molar-refractivity contribution is 9.10. The number of nitrogens with one attached hydrogen (secondary N) is 1. The Morgan fingerprint density at radius 3 is 2.93 bits per heavy atom. The van der Waals surface area contributed by atoms with E-state index in [1.807, 2.05) is 11.8 Å². The third kappa shape index (κ3) is 5.22. The molecule has 1 rings (SSSR count). The molecule has 0 saturated heterocycles. The van der Waals surface area contributed by atoms with Crippen LogP contribution < -0.4 is 11.1 Å². The van der Waals surface area contributed by atoms with Crippen molar-refractivity contribution in [2.24, 2.45) is 0 Å². The van der Waals surface area contributed by atoms with Crippen LogP contribution in [-0.2, 0) is 0 Å². The first kappa shape index (κ1) is 12.6. The minimum Gasteiger partial charge on any atom is -0.383 e. The first-order valence-corrected chi connectivity index (χ1v) is 6.94. The maximum absolute atomic E-state index is 5.59. The summed E-state index contributed by atoms with van der Waals surface area (Å²) in [4.78, 5) is 8.23. The number of aromatic nitrogens is 2. The highest BCUT2D eigenvalue weighted by atomic mass is 79.9. The lowest BCUT2D eigenvalue weighted by Crippen LogP contribution is -2.07. The average molecular weight is 291 g/mol. The van der Waals surface area contributed by atoms with E-state index in [1.54, 1.807) is 6.07 Å². The van der Waals surface area contributed by atoms with Crippen LogP contribution in [0.25, 0.3) is 0 Å². The first-order chi connectivity index (χ1) is 7.22. The van der Waals surface area contributed by atoms with Crippen LogP contribution in [0, 0.1) is 0 Å². The molecule has 0 aliphatic carbocycles. The van der Waals surface area contributed by atoms with Gasteiger partial charge in [-0.3, -0.25) is 0 Å². The third-order valence-corrected chi connectivity index (χ3v) is 2.88. The molecule has 0 aromatic carbocycles. The normalized spacial score (nSPS) is 10.3. The van der Waals surface area contributed by atoms with Gasteiger partial charge in [0.2, 0.25) is 5.95 Å². The van der Waals surface area contributed by atoms with E-state index in [4.69, 9.17) is 5.73 Å². The van der Waals surface area contributed by atoms with Gasteiger partial charge in [0, 0.05) is 12.6 Å². The lowest BCUT2D eigenvalue weighted by atomic mass is 10.3. The van der Waals surface area contributed by atoms with E-state index >= 15 is 0 Å². The van der Waals surface area contributed by atoms with Crippen molar-refractivity contribution in [2.75, 3.05) is 29.6 Å². The molecule has 0 fully saturated rings. The second kappa shape index (κ2) is 6.90. The molecular formula is C9H15BrN4S. The van der Waals surface area contributed by atoms with Crippen molar-refractivity contribution in [3.63, 3.8) is 0 Å². The predicted molar refractivity (Wildman–Crippen MR) is 70.3 cm³/mol. The summed E-state index contributed by atoms with van der Waals surface area (Å²) in [5.74, 6) is 2.26. The SMILES string of the molecule is CSCCCCNc1nc(N)cc(Br)n1. The van der Waals surface area contributed by atoms with Gasteiger partial charge < -0.3 is 11.1 Å². The van der Waals surface area contributed by atoms with Gasteiger partial charge in [-0.2, -0.15) is 16.7 Å². The van der Waals surface area contributed by atoms with Gasteiger partial charge in [0.15, 0.2) is 0 Å². The van der Waals surface area contributed by atoms with Crippen LogP contribution in [-0.4, -0.2) is 28.5 Å². The molecule has 15 heavy (non-hydrogen) atoms. The summed E-state index contributed by atoms with van der Waals surface area (Å²) in [5, 5.41) is 3.14. The minimum absolute atomic E-state index is 0.475. The fourth-order valence-corrected chi connectivity index (χ4v) is 1.98. The number of hydrogen-bond acceptors (Lipinski definition) is 5. The van der Waals surface area contributed by atoms with Crippen LogP contribution in [0.1, 0.15) is 12.8 Å². The zero-order valence-electron chi connectivity index (χ0n) is 8.66. The molecule has 0 unspecified atom stereocenters. The number of rotatable bonds is 6. The van der Waals surface area contributed by atoms with Crippen LogP contribution in [0.2, 0.25) is 0 Å². The van der Waals surface area contributed by atoms with Gasteiger partial charge in [0.25, 0.3) is 0 Å². The van der Waals surface area contributed by atoms with E-state index < -0.39 is 0 Å². The summed E-state index contributed by atoms with van der Waals surface area (Å²) in [6.07, 6.45) is 4.44. The molecule has 3 N–H and O–H groups in total.